The lowest BCUT2D eigenvalue weighted by molar-refractivity contribution is 0.508. The molecule has 1 heterocycles. The Morgan fingerprint density at radius 3 is 2.59 bits per heavy atom. The van der Waals surface area contributed by atoms with E-state index in [1.54, 1.807) is 0 Å². The number of benzene rings is 1. The van der Waals surface area contributed by atoms with Crippen LogP contribution in [0.25, 0.3) is 0 Å². The minimum atomic E-state index is -0.948. The van der Waals surface area contributed by atoms with E-state index in [1.165, 1.54) is 6.07 Å². The fraction of sp³-hybridized carbons (Fsp3) is 0.455. The van der Waals surface area contributed by atoms with Gasteiger partial charge in [-0.3, -0.25) is 4.21 Å². The molecule has 0 aliphatic carbocycles. The lowest BCUT2D eigenvalue weighted by Gasteiger charge is -2.24. The molecule has 1 saturated heterocycles. The van der Waals surface area contributed by atoms with Crippen LogP contribution in [0.1, 0.15) is 12.8 Å². The Hall–Kier alpha value is -1.17. The third-order valence-corrected chi connectivity index (χ3v) is 4.25. The van der Waals surface area contributed by atoms with Gasteiger partial charge >= 0.3 is 0 Å². The molecule has 0 spiro atoms. The van der Waals surface area contributed by atoms with Gasteiger partial charge in [-0.2, -0.15) is 0 Å². The second-order valence-electron chi connectivity index (χ2n) is 4.09. The molecule has 3 N–H and O–H groups in total. The summed E-state index contributed by atoms with van der Waals surface area (Å²) in [6.45, 7) is 0. The summed E-state index contributed by atoms with van der Waals surface area (Å²) < 4.78 is 37.7. The summed E-state index contributed by atoms with van der Waals surface area (Å²) in [5.74, 6) is -0.680. The van der Waals surface area contributed by atoms with Crippen molar-refractivity contribution in [2.75, 3.05) is 22.6 Å². The smallest absolute Gasteiger partial charge is 0.183 e. The second-order valence-corrected chi connectivity index (χ2v) is 5.79. The summed E-state index contributed by atoms with van der Waals surface area (Å²) in [4.78, 5) is 0. The van der Waals surface area contributed by atoms with Crippen molar-refractivity contribution in [1.29, 1.82) is 0 Å². The molecule has 0 atom stereocenters. The topological polar surface area (TPSA) is 55.1 Å². The van der Waals surface area contributed by atoms with Crippen LogP contribution in [-0.4, -0.2) is 21.8 Å². The van der Waals surface area contributed by atoms with Gasteiger partial charge in [0, 0.05) is 28.3 Å². The molecule has 1 aromatic carbocycles. The van der Waals surface area contributed by atoms with Gasteiger partial charge in [0.15, 0.2) is 11.6 Å². The van der Waals surface area contributed by atoms with Gasteiger partial charge < -0.3 is 11.1 Å². The van der Waals surface area contributed by atoms with Crippen molar-refractivity contribution in [1.82, 2.24) is 0 Å². The van der Waals surface area contributed by atoms with E-state index >= 15 is 0 Å². The Morgan fingerprint density at radius 2 is 1.94 bits per heavy atom. The number of nitrogens with one attached hydrogen (secondary N) is 1. The highest BCUT2D eigenvalue weighted by Gasteiger charge is 2.20. The molecule has 6 heteroatoms. The molecular formula is C11H14F2N2OS. The van der Waals surface area contributed by atoms with E-state index in [0.29, 0.717) is 24.3 Å². The van der Waals surface area contributed by atoms with Crippen LogP contribution in [-0.2, 0) is 10.8 Å². The number of anilines is 2. The molecule has 17 heavy (non-hydrogen) atoms. The monoisotopic (exact) mass is 260 g/mol. The summed E-state index contributed by atoms with van der Waals surface area (Å²) in [6.07, 6.45) is 1.37. The predicted octanol–water partition coefficient (Wildman–Crippen LogP) is 1.87. The number of nitrogen functional groups attached to an aromatic ring is 1. The van der Waals surface area contributed by atoms with Gasteiger partial charge in [0.2, 0.25) is 0 Å². The van der Waals surface area contributed by atoms with E-state index in [0.717, 1.165) is 6.07 Å². The second kappa shape index (κ2) is 5.00. The van der Waals surface area contributed by atoms with Crippen LogP contribution in [0.15, 0.2) is 12.1 Å². The van der Waals surface area contributed by atoms with Crippen molar-refractivity contribution in [2.24, 2.45) is 0 Å². The normalized spacial score (nSPS) is 24.6. The van der Waals surface area contributed by atoms with Gasteiger partial charge in [0.1, 0.15) is 0 Å². The highest BCUT2D eigenvalue weighted by Crippen LogP contribution is 2.27. The van der Waals surface area contributed by atoms with E-state index in [1.807, 2.05) is 0 Å². The molecule has 1 aliphatic rings. The molecular weight excluding hydrogens is 246 g/mol. The lowest BCUT2D eigenvalue weighted by atomic mass is 10.1. The maximum Gasteiger partial charge on any atom is 0.183 e. The van der Waals surface area contributed by atoms with Crippen molar-refractivity contribution < 1.29 is 13.0 Å². The van der Waals surface area contributed by atoms with Crippen molar-refractivity contribution in [3.8, 4) is 0 Å². The Labute approximate surface area is 101 Å². The molecule has 0 radical (unpaired) electrons. The van der Waals surface area contributed by atoms with Crippen LogP contribution >= 0.6 is 0 Å². The van der Waals surface area contributed by atoms with Crippen LogP contribution in [0.5, 0.6) is 0 Å². The average Bonchev–Trinajstić information content (AvgIpc) is 2.32. The SMILES string of the molecule is Nc1ccc(F)c(F)c1NC1CCS(=O)CC1. The zero-order chi connectivity index (χ0) is 12.4. The Balaban J connectivity index is 2.13. The van der Waals surface area contributed by atoms with Crippen LogP contribution in [0.4, 0.5) is 20.2 Å². The van der Waals surface area contributed by atoms with Gasteiger partial charge in [-0.05, 0) is 25.0 Å². The minimum Gasteiger partial charge on any atom is -0.397 e. The lowest BCUT2D eigenvalue weighted by Crippen LogP contribution is -2.30. The standard InChI is InChI=1S/C11H14F2N2OS/c12-8-1-2-9(14)11(10(8)13)15-7-3-5-17(16)6-4-7/h1-2,7,15H,3-6,14H2. The zero-order valence-electron chi connectivity index (χ0n) is 9.21. The van der Waals surface area contributed by atoms with Gasteiger partial charge in [-0.1, -0.05) is 0 Å². The van der Waals surface area contributed by atoms with Gasteiger partial charge in [-0.25, -0.2) is 8.78 Å². The first-order valence-corrected chi connectivity index (χ1v) is 6.91. The Morgan fingerprint density at radius 1 is 1.29 bits per heavy atom. The van der Waals surface area contributed by atoms with E-state index in [9.17, 15) is 13.0 Å². The van der Waals surface area contributed by atoms with Crippen LogP contribution < -0.4 is 11.1 Å². The third-order valence-electron chi connectivity index (χ3n) is 2.86. The quantitative estimate of drug-likeness (QED) is 0.798. The number of nitrogens with two attached hydrogens (primary N) is 1. The molecule has 1 aliphatic heterocycles. The third kappa shape index (κ3) is 2.74. The molecule has 3 nitrogen and oxygen atoms in total. The molecule has 0 unspecified atom stereocenters. The highest BCUT2D eigenvalue weighted by atomic mass is 32.2. The molecule has 0 saturated carbocycles. The van der Waals surface area contributed by atoms with Gasteiger partial charge in [-0.15, -0.1) is 0 Å². The molecule has 94 valence electrons. The van der Waals surface area contributed by atoms with Gasteiger partial charge in [0.05, 0.1) is 11.4 Å². The molecule has 1 aromatic rings. The fourth-order valence-corrected chi connectivity index (χ4v) is 3.15. The highest BCUT2D eigenvalue weighted by molar-refractivity contribution is 7.85. The maximum absolute atomic E-state index is 13.5. The largest absolute Gasteiger partial charge is 0.397 e. The van der Waals surface area contributed by atoms with Crippen molar-refractivity contribution in [3.63, 3.8) is 0 Å². The van der Waals surface area contributed by atoms with Crippen LogP contribution in [0.3, 0.4) is 0 Å². The maximum atomic E-state index is 13.5. The van der Waals surface area contributed by atoms with E-state index in [4.69, 9.17) is 5.73 Å². The van der Waals surface area contributed by atoms with E-state index in [-0.39, 0.29) is 17.4 Å². The summed E-state index contributed by atoms with van der Waals surface area (Å²) in [7, 11) is -0.773. The number of halogens is 2. The molecule has 0 amide bonds. The molecule has 0 aromatic heterocycles. The first-order chi connectivity index (χ1) is 8.08. The predicted molar refractivity (Wildman–Crippen MR) is 65.3 cm³/mol. The average molecular weight is 260 g/mol. The number of rotatable bonds is 2. The first-order valence-electron chi connectivity index (χ1n) is 5.43. The Kier molecular flexibility index (Phi) is 3.61. The van der Waals surface area contributed by atoms with Crippen molar-refractivity contribution in [2.45, 2.75) is 18.9 Å². The first kappa shape index (κ1) is 12.3. The molecule has 1 fully saturated rings. The summed E-state index contributed by atoms with van der Waals surface area (Å²) in [5.41, 5.74) is 5.81. The summed E-state index contributed by atoms with van der Waals surface area (Å²) >= 11 is 0. The zero-order valence-corrected chi connectivity index (χ0v) is 10.0. The van der Waals surface area contributed by atoms with E-state index < -0.39 is 22.4 Å². The van der Waals surface area contributed by atoms with Crippen LogP contribution in [0.2, 0.25) is 0 Å². The minimum absolute atomic E-state index is 0.00583. The van der Waals surface area contributed by atoms with E-state index in [2.05, 4.69) is 5.32 Å². The fourth-order valence-electron chi connectivity index (χ4n) is 1.85. The number of hydrogen-bond donors (Lipinski definition) is 2. The van der Waals surface area contributed by atoms with Crippen molar-refractivity contribution in [3.05, 3.63) is 23.8 Å². The van der Waals surface area contributed by atoms with Crippen LogP contribution in [0, 0.1) is 11.6 Å². The molecule has 0 bridgehead atoms. The molecule has 2 rings (SSSR count). The Bertz CT molecular complexity index is 443. The summed E-state index contributed by atoms with van der Waals surface area (Å²) in [6, 6.07) is 2.35. The summed E-state index contributed by atoms with van der Waals surface area (Å²) in [5, 5.41) is 2.90. The number of hydrogen-bond acceptors (Lipinski definition) is 3. The van der Waals surface area contributed by atoms with Gasteiger partial charge in [0.25, 0.3) is 0 Å². The van der Waals surface area contributed by atoms with Crippen molar-refractivity contribution >= 4 is 22.2 Å².